The van der Waals surface area contributed by atoms with Crippen LogP contribution in [0.4, 0.5) is 0 Å². The Morgan fingerprint density at radius 3 is 2.64 bits per heavy atom. The van der Waals surface area contributed by atoms with Gasteiger partial charge in [-0.15, -0.1) is 0 Å². The van der Waals surface area contributed by atoms with Crippen LogP contribution in [0.2, 0.25) is 0 Å². The molecule has 1 saturated heterocycles. The lowest BCUT2D eigenvalue weighted by Gasteiger charge is -2.21. The molecule has 0 saturated carbocycles. The van der Waals surface area contributed by atoms with Crippen LogP contribution in [-0.4, -0.2) is 50.2 Å². The summed E-state index contributed by atoms with van der Waals surface area (Å²) in [5.74, 6) is -0.454. The van der Waals surface area contributed by atoms with Crippen LogP contribution in [-0.2, 0) is 30.9 Å². The fourth-order valence-electron chi connectivity index (χ4n) is 3.98. The molecule has 1 atom stereocenters. The highest BCUT2D eigenvalue weighted by atomic mass is 32.2. The van der Waals surface area contributed by atoms with Gasteiger partial charge in [-0.1, -0.05) is 36.4 Å². The molecule has 3 aromatic rings. The quantitative estimate of drug-likeness (QED) is 0.346. The number of aromatic nitrogens is 1. The van der Waals surface area contributed by atoms with Gasteiger partial charge in [0, 0.05) is 38.0 Å². The van der Waals surface area contributed by atoms with Crippen LogP contribution in [0.1, 0.15) is 30.4 Å². The highest BCUT2D eigenvalue weighted by molar-refractivity contribution is 7.90. The molecule has 1 aliphatic heterocycles. The predicted molar refractivity (Wildman–Crippen MR) is 138 cm³/mol. The van der Waals surface area contributed by atoms with Gasteiger partial charge in [0.1, 0.15) is 0 Å². The largest absolute Gasteiger partial charge is 0.350 e. The van der Waals surface area contributed by atoms with Gasteiger partial charge in [-0.05, 0) is 73.5 Å². The summed E-state index contributed by atoms with van der Waals surface area (Å²) in [7, 11) is 0.250. The van der Waals surface area contributed by atoms with E-state index in [1.54, 1.807) is 18.2 Å². The van der Waals surface area contributed by atoms with Crippen LogP contribution >= 0.6 is 0 Å². The van der Waals surface area contributed by atoms with Crippen molar-refractivity contribution < 1.29 is 22.8 Å². The number of ether oxygens (including phenoxy) is 1. The van der Waals surface area contributed by atoms with E-state index in [0.29, 0.717) is 12.2 Å². The molecule has 0 aliphatic carbocycles. The molecule has 1 aromatic heterocycles. The molecule has 9 heteroatoms. The van der Waals surface area contributed by atoms with Crippen LogP contribution < -0.4 is 5.48 Å². The summed E-state index contributed by atoms with van der Waals surface area (Å²) < 4.78 is 32.8. The first-order valence-electron chi connectivity index (χ1n) is 11.8. The van der Waals surface area contributed by atoms with Crippen molar-refractivity contribution >= 4 is 22.0 Å². The molecule has 2 aromatic carbocycles. The number of hydroxylamine groups is 1. The van der Waals surface area contributed by atoms with Crippen LogP contribution in [0.25, 0.3) is 17.2 Å². The Morgan fingerprint density at radius 1 is 1.14 bits per heavy atom. The smallest absolute Gasteiger partial charge is 0.267 e. The van der Waals surface area contributed by atoms with E-state index < -0.39 is 22.2 Å². The molecule has 0 spiro atoms. The van der Waals surface area contributed by atoms with Gasteiger partial charge in [0.05, 0.1) is 4.90 Å². The van der Waals surface area contributed by atoms with Gasteiger partial charge in [0.25, 0.3) is 15.9 Å². The van der Waals surface area contributed by atoms with Crippen LogP contribution in [0.3, 0.4) is 0 Å². The lowest BCUT2D eigenvalue weighted by Crippen LogP contribution is -2.32. The van der Waals surface area contributed by atoms with Crippen LogP contribution in [0.15, 0.2) is 78.0 Å². The lowest BCUT2D eigenvalue weighted by atomic mass is 9.99. The Labute approximate surface area is 212 Å². The SMILES string of the molecule is CN(C)Cc1ccccc1-c1ccc(S(=O)(=O)n2ccc(/C=C/C(=O)NOC3CCCCO3)c2)cc1. The van der Waals surface area contributed by atoms with Gasteiger partial charge >= 0.3 is 0 Å². The van der Waals surface area contributed by atoms with Crippen molar-refractivity contribution in [2.45, 2.75) is 37.0 Å². The summed E-state index contributed by atoms with van der Waals surface area (Å²) in [6, 6.07) is 16.6. The first-order chi connectivity index (χ1) is 17.3. The van der Waals surface area contributed by atoms with E-state index in [2.05, 4.69) is 16.4 Å². The number of hydrogen-bond acceptors (Lipinski definition) is 6. The maximum Gasteiger partial charge on any atom is 0.267 e. The van der Waals surface area contributed by atoms with Crippen molar-refractivity contribution in [3.8, 4) is 11.1 Å². The summed E-state index contributed by atoms with van der Waals surface area (Å²) in [4.78, 5) is 19.5. The number of benzene rings is 2. The summed E-state index contributed by atoms with van der Waals surface area (Å²) in [6.07, 6.45) is 8.01. The van der Waals surface area contributed by atoms with E-state index >= 15 is 0 Å². The number of carbonyl (C=O) groups excluding carboxylic acids is 1. The van der Waals surface area contributed by atoms with Gasteiger partial charge in [-0.25, -0.2) is 22.7 Å². The monoisotopic (exact) mass is 509 g/mol. The number of hydrogen-bond donors (Lipinski definition) is 1. The highest BCUT2D eigenvalue weighted by Gasteiger charge is 2.18. The molecule has 1 N–H and O–H groups in total. The third kappa shape index (κ3) is 6.50. The lowest BCUT2D eigenvalue weighted by molar-refractivity contribution is -0.198. The topological polar surface area (TPSA) is 89.9 Å². The molecule has 36 heavy (non-hydrogen) atoms. The third-order valence-electron chi connectivity index (χ3n) is 5.79. The number of carbonyl (C=O) groups is 1. The molecular formula is C27H31N3O5S. The summed E-state index contributed by atoms with van der Waals surface area (Å²) in [5, 5.41) is 0. The Morgan fingerprint density at radius 2 is 1.92 bits per heavy atom. The number of nitrogens with zero attached hydrogens (tertiary/aromatic N) is 2. The molecule has 1 unspecified atom stereocenters. The van der Waals surface area contributed by atoms with E-state index in [1.807, 2.05) is 44.4 Å². The fourth-order valence-corrected chi connectivity index (χ4v) is 5.19. The summed E-state index contributed by atoms with van der Waals surface area (Å²) in [6.45, 7) is 1.40. The maximum atomic E-state index is 13.1. The zero-order valence-electron chi connectivity index (χ0n) is 20.5. The van der Waals surface area contributed by atoms with E-state index in [4.69, 9.17) is 9.57 Å². The molecule has 1 fully saturated rings. The van der Waals surface area contributed by atoms with Crippen LogP contribution in [0, 0.1) is 0 Å². The molecule has 0 radical (unpaired) electrons. The molecular weight excluding hydrogens is 478 g/mol. The van der Waals surface area contributed by atoms with E-state index in [1.165, 1.54) is 30.1 Å². The standard InChI is InChI=1S/C27H31N3O5S/c1-29(2)20-23-7-3-4-8-25(23)22-11-13-24(14-12-22)36(32,33)30-17-16-21(19-30)10-15-26(31)28-35-27-9-5-6-18-34-27/h3-4,7-8,10-17,19,27H,5-6,9,18,20H2,1-2H3,(H,28,31)/b15-10+. The second-order valence-corrected chi connectivity index (χ2v) is 10.8. The van der Waals surface area contributed by atoms with Gasteiger partial charge < -0.3 is 9.64 Å². The van der Waals surface area contributed by atoms with Crippen molar-refractivity contribution in [2.75, 3.05) is 20.7 Å². The Kier molecular flexibility index (Phi) is 8.37. The minimum Gasteiger partial charge on any atom is -0.350 e. The minimum atomic E-state index is -3.78. The second-order valence-electron chi connectivity index (χ2n) is 8.91. The summed E-state index contributed by atoms with van der Waals surface area (Å²) in [5.41, 5.74) is 6.10. The normalized spacial score (nSPS) is 16.5. The first-order valence-corrected chi connectivity index (χ1v) is 13.3. The minimum absolute atomic E-state index is 0.182. The van der Waals surface area contributed by atoms with Crippen molar-refractivity contribution in [3.05, 3.63) is 84.2 Å². The van der Waals surface area contributed by atoms with Crippen LogP contribution in [0.5, 0.6) is 0 Å². The van der Waals surface area contributed by atoms with E-state index in [9.17, 15) is 13.2 Å². The second kappa shape index (κ2) is 11.7. The average Bonchev–Trinajstić information content (AvgIpc) is 3.37. The zero-order chi connectivity index (χ0) is 25.5. The number of amides is 1. The molecule has 0 bridgehead atoms. The molecule has 8 nitrogen and oxygen atoms in total. The van der Waals surface area contributed by atoms with Crippen molar-refractivity contribution in [1.29, 1.82) is 0 Å². The Balaban J connectivity index is 1.42. The van der Waals surface area contributed by atoms with E-state index in [-0.39, 0.29) is 4.90 Å². The van der Waals surface area contributed by atoms with Crippen molar-refractivity contribution in [3.63, 3.8) is 0 Å². The predicted octanol–water partition coefficient (Wildman–Crippen LogP) is 4.04. The molecule has 1 amide bonds. The molecule has 4 rings (SSSR count). The number of rotatable bonds is 9. The Bertz CT molecular complexity index is 1310. The maximum absolute atomic E-state index is 13.1. The van der Waals surface area contributed by atoms with Crippen molar-refractivity contribution in [1.82, 2.24) is 14.4 Å². The van der Waals surface area contributed by atoms with Gasteiger partial charge in [-0.3, -0.25) is 4.79 Å². The average molecular weight is 510 g/mol. The fraction of sp³-hybridized carbons (Fsp3) is 0.296. The number of nitrogens with one attached hydrogen (secondary N) is 1. The highest BCUT2D eigenvalue weighted by Crippen LogP contribution is 2.26. The molecule has 1 aliphatic rings. The van der Waals surface area contributed by atoms with E-state index in [0.717, 1.165) is 40.9 Å². The molecule has 190 valence electrons. The third-order valence-corrected chi connectivity index (χ3v) is 7.44. The van der Waals surface area contributed by atoms with Gasteiger partial charge in [0.15, 0.2) is 6.29 Å². The van der Waals surface area contributed by atoms with Gasteiger partial charge in [0.2, 0.25) is 0 Å². The zero-order valence-corrected chi connectivity index (χ0v) is 21.3. The molecule has 2 heterocycles. The van der Waals surface area contributed by atoms with Crippen molar-refractivity contribution in [2.24, 2.45) is 0 Å². The Hall–Kier alpha value is -3.24. The summed E-state index contributed by atoms with van der Waals surface area (Å²) >= 11 is 0. The first kappa shape index (κ1) is 25.8. The van der Waals surface area contributed by atoms with Gasteiger partial charge in [-0.2, -0.15) is 0 Å².